The lowest BCUT2D eigenvalue weighted by Gasteiger charge is -2.37. The molecule has 2 saturated heterocycles. The normalized spacial score (nSPS) is 22.6. The second-order valence-electron chi connectivity index (χ2n) is 5.39. The highest BCUT2D eigenvalue weighted by Gasteiger charge is 2.30. The number of hydrogen-bond acceptors (Lipinski definition) is 4. The molecule has 0 bridgehead atoms. The highest BCUT2D eigenvalue weighted by molar-refractivity contribution is 5.86. The largest absolute Gasteiger partial charge is 0.368 e. The molecule has 0 aliphatic carbocycles. The van der Waals surface area contributed by atoms with Crippen LogP contribution in [0.15, 0.2) is 4.99 Å². The summed E-state index contributed by atoms with van der Waals surface area (Å²) in [5, 5.41) is 5.58. The van der Waals surface area contributed by atoms with Crippen LogP contribution in [0.25, 0.3) is 0 Å². The van der Waals surface area contributed by atoms with E-state index in [2.05, 4.69) is 20.5 Å². The molecule has 0 saturated carbocycles. The molecule has 2 aliphatic rings. The monoisotopic (exact) mass is 311 g/mol. The summed E-state index contributed by atoms with van der Waals surface area (Å²) in [5.74, 6) is 0.701. The molecule has 1 atom stereocenters. The van der Waals surface area contributed by atoms with E-state index in [-0.39, 0.29) is 24.5 Å². The molecule has 22 heavy (non-hydrogen) atoms. The van der Waals surface area contributed by atoms with Gasteiger partial charge in [0.05, 0.1) is 6.54 Å². The summed E-state index contributed by atoms with van der Waals surface area (Å²) in [4.78, 5) is 31.7. The van der Waals surface area contributed by atoms with Crippen molar-refractivity contribution in [2.45, 2.75) is 18.9 Å². The molecular weight excluding hydrogens is 286 g/mol. The Morgan fingerprint density at radius 2 is 1.91 bits per heavy atom. The maximum absolute atomic E-state index is 12.3. The topological polar surface area (TPSA) is 86.3 Å². The summed E-state index contributed by atoms with van der Waals surface area (Å²) in [5.41, 5.74) is 0. The Hall–Kier alpha value is -1.83. The fourth-order valence-corrected chi connectivity index (χ4v) is 2.69. The number of amides is 2. The predicted octanol–water partition coefficient (Wildman–Crippen LogP) is -1.37. The summed E-state index contributed by atoms with van der Waals surface area (Å²) in [7, 11) is 3.29. The fourth-order valence-electron chi connectivity index (χ4n) is 2.69. The average Bonchev–Trinajstić information content (AvgIpc) is 3.09. The Morgan fingerprint density at radius 1 is 1.23 bits per heavy atom. The first kappa shape index (κ1) is 16.5. The number of ether oxygens (including phenoxy) is 1. The minimum Gasteiger partial charge on any atom is -0.368 e. The van der Waals surface area contributed by atoms with E-state index in [9.17, 15) is 9.59 Å². The zero-order valence-electron chi connectivity index (χ0n) is 13.3. The van der Waals surface area contributed by atoms with Gasteiger partial charge < -0.3 is 25.2 Å². The summed E-state index contributed by atoms with van der Waals surface area (Å²) >= 11 is 0. The summed E-state index contributed by atoms with van der Waals surface area (Å²) in [6.45, 7) is 3.58. The molecule has 0 aromatic heterocycles. The van der Waals surface area contributed by atoms with Crippen LogP contribution in [0.1, 0.15) is 12.8 Å². The summed E-state index contributed by atoms with van der Waals surface area (Å²) < 4.78 is 5.46. The minimum absolute atomic E-state index is 0.0895. The number of guanidine groups is 1. The predicted molar refractivity (Wildman–Crippen MR) is 82.6 cm³/mol. The van der Waals surface area contributed by atoms with Crippen molar-refractivity contribution in [2.24, 2.45) is 4.99 Å². The van der Waals surface area contributed by atoms with Gasteiger partial charge in [-0.25, -0.2) is 0 Å². The van der Waals surface area contributed by atoms with E-state index in [1.165, 1.54) is 0 Å². The number of carbonyl (C=O) groups excluding carboxylic acids is 2. The Balaban J connectivity index is 1.80. The quantitative estimate of drug-likeness (QED) is 0.496. The van der Waals surface area contributed by atoms with E-state index in [1.807, 2.05) is 4.90 Å². The molecule has 2 aliphatic heterocycles. The van der Waals surface area contributed by atoms with Crippen molar-refractivity contribution in [3.05, 3.63) is 0 Å². The molecule has 8 heteroatoms. The molecule has 0 spiro atoms. The average molecular weight is 311 g/mol. The van der Waals surface area contributed by atoms with Crippen LogP contribution >= 0.6 is 0 Å². The Morgan fingerprint density at radius 3 is 2.45 bits per heavy atom. The molecule has 2 amide bonds. The van der Waals surface area contributed by atoms with Crippen LogP contribution < -0.4 is 10.6 Å². The first-order valence-corrected chi connectivity index (χ1v) is 7.72. The fraction of sp³-hybridized carbons (Fsp3) is 0.786. The second-order valence-corrected chi connectivity index (χ2v) is 5.39. The van der Waals surface area contributed by atoms with E-state index in [1.54, 1.807) is 14.1 Å². The van der Waals surface area contributed by atoms with Crippen molar-refractivity contribution < 1.29 is 14.3 Å². The van der Waals surface area contributed by atoms with Gasteiger partial charge in [-0.05, 0) is 12.8 Å². The van der Waals surface area contributed by atoms with Crippen molar-refractivity contribution in [1.29, 1.82) is 0 Å². The first-order chi connectivity index (χ1) is 10.7. The molecule has 0 aromatic rings. The lowest BCUT2D eigenvalue weighted by molar-refractivity contribution is -0.142. The third-order valence-electron chi connectivity index (χ3n) is 3.99. The lowest BCUT2D eigenvalue weighted by Crippen LogP contribution is -2.56. The Labute approximate surface area is 130 Å². The van der Waals surface area contributed by atoms with Gasteiger partial charge in [-0.15, -0.1) is 0 Å². The summed E-state index contributed by atoms with van der Waals surface area (Å²) in [6, 6.07) is 0. The maximum Gasteiger partial charge on any atom is 0.251 e. The van der Waals surface area contributed by atoms with E-state index in [0.29, 0.717) is 38.7 Å². The third kappa shape index (κ3) is 4.09. The van der Waals surface area contributed by atoms with Gasteiger partial charge in [-0.2, -0.15) is 0 Å². The molecule has 1 unspecified atom stereocenters. The smallest absolute Gasteiger partial charge is 0.251 e. The van der Waals surface area contributed by atoms with Crippen molar-refractivity contribution in [1.82, 2.24) is 20.4 Å². The van der Waals surface area contributed by atoms with Gasteiger partial charge >= 0.3 is 0 Å². The van der Waals surface area contributed by atoms with E-state index in [0.717, 1.165) is 12.8 Å². The molecule has 8 nitrogen and oxygen atoms in total. The van der Waals surface area contributed by atoms with Crippen molar-refractivity contribution in [3.63, 3.8) is 0 Å². The molecule has 2 fully saturated rings. The third-order valence-corrected chi connectivity index (χ3v) is 3.99. The van der Waals surface area contributed by atoms with Crippen LogP contribution in [0.5, 0.6) is 0 Å². The first-order valence-electron chi connectivity index (χ1n) is 7.72. The van der Waals surface area contributed by atoms with Gasteiger partial charge in [0.15, 0.2) is 5.96 Å². The van der Waals surface area contributed by atoms with Gasteiger partial charge in [0.2, 0.25) is 5.91 Å². The van der Waals surface area contributed by atoms with E-state index in [4.69, 9.17) is 4.74 Å². The number of likely N-dealkylation sites (N-methyl/N-ethyl adjacent to an activating group) is 1. The number of aliphatic imine (C=N–C) groups is 1. The Kier molecular flexibility index (Phi) is 6.00. The van der Waals surface area contributed by atoms with Crippen molar-refractivity contribution in [3.8, 4) is 0 Å². The molecule has 2 heterocycles. The lowest BCUT2D eigenvalue weighted by atomic mass is 10.2. The van der Waals surface area contributed by atoms with Crippen LogP contribution in [0.2, 0.25) is 0 Å². The van der Waals surface area contributed by atoms with Gasteiger partial charge in [0, 0.05) is 46.9 Å². The van der Waals surface area contributed by atoms with Crippen LogP contribution in [-0.2, 0) is 14.3 Å². The number of hydrogen-bond donors (Lipinski definition) is 2. The van der Waals surface area contributed by atoms with Gasteiger partial charge in [-0.1, -0.05) is 0 Å². The molecular formula is C14H25N5O3. The highest BCUT2D eigenvalue weighted by Crippen LogP contribution is 2.16. The van der Waals surface area contributed by atoms with Gasteiger partial charge in [0.25, 0.3) is 5.91 Å². The Bertz CT molecular complexity index is 426. The number of rotatable bonds is 3. The van der Waals surface area contributed by atoms with Crippen LogP contribution in [0.4, 0.5) is 0 Å². The highest BCUT2D eigenvalue weighted by atomic mass is 16.5. The molecule has 0 aromatic carbocycles. The standard InChI is InChI=1S/C14H25N5O3/c1-15-12(20)10-17-14(16-2)19-7-5-18(6-8-19)13(21)11-4-3-9-22-11/h11H,3-10H2,1-2H3,(H,15,20)(H,16,17). The second kappa shape index (κ2) is 7.98. The van der Waals surface area contributed by atoms with E-state index >= 15 is 0 Å². The number of nitrogens with one attached hydrogen (secondary N) is 2. The number of nitrogens with zero attached hydrogens (tertiary/aromatic N) is 3. The zero-order valence-corrected chi connectivity index (χ0v) is 13.3. The number of piperazine rings is 1. The van der Waals surface area contributed by atoms with E-state index < -0.39 is 0 Å². The molecule has 2 N–H and O–H groups in total. The SMILES string of the molecule is CN=C(NCC(=O)NC)N1CCN(C(=O)C2CCCO2)CC1. The molecule has 2 rings (SSSR count). The zero-order chi connectivity index (χ0) is 15.9. The van der Waals surface area contributed by atoms with Crippen LogP contribution in [-0.4, -0.2) is 87.1 Å². The van der Waals surface area contributed by atoms with Crippen LogP contribution in [0, 0.1) is 0 Å². The minimum atomic E-state index is -0.253. The van der Waals surface area contributed by atoms with Crippen molar-refractivity contribution in [2.75, 3.05) is 53.4 Å². The summed E-state index contributed by atoms with van der Waals surface area (Å²) in [6.07, 6.45) is 1.54. The van der Waals surface area contributed by atoms with Gasteiger partial charge in [-0.3, -0.25) is 14.6 Å². The number of carbonyl (C=O) groups is 2. The maximum atomic E-state index is 12.3. The molecule has 124 valence electrons. The van der Waals surface area contributed by atoms with Gasteiger partial charge in [0.1, 0.15) is 6.10 Å². The molecule has 0 radical (unpaired) electrons. The van der Waals surface area contributed by atoms with Crippen molar-refractivity contribution >= 4 is 17.8 Å². The van der Waals surface area contributed by atoms with Crippen LogP contribution in [0.3, 0.4) is 0 Å².